The molecule has 0 N–H and O–H groups in total. The van der Waals surface area contributed by atoms with Crippen molar-refractivity contribution in [1.82, 2.24) is 9.97 Å². The van der Waals surface area contributed by atoms with Crippen LogP contribution in [0.15, 0.2) is 120 Å². The van der Waals surface area contributed by atoms with Crippen LogP contribution in [0.25, 0.3) is 55.6 Å². The van der Waals surface area contributed by atoms with Crippen LogP contribution in [0.5, 0.6) is 0 Å². The summed E-state index contributed by atoms with van der Waals surface area (Å²) < 4.78 is 6.36. The molecule has 2 fully saturated rings. The fraction of sp³-hybridized carbons (Fsp3) is 0.320. The van der Waals surface area contributed by atoms with Gasteiger partial charge in [0.25, 0.3) is 0 Å². The fourth-order valence-corrected chi connectivity index (χ4v) is 10.3. The smallest absolute Gasteiger partial charge is 0.131 e. The number of benzene rings is 4. The number of furan rings is 1. The Hall–Kier alpha value is -4.15. The summed E-state index contributed by atoms with van der Waals surface area (Å²) in [7, 11) is -1.36. The van der Waals surface area contributed by atoms with Crippen molar-refractivity contribution in [2.24, 2.45) is 5.92 Å². The summed E-state index contributed by atoms with van der Waals surface area (Å²) in [5.41, 5.74) is 11.1. The minimum absolute atomic E-state index is 0. The first kappa shape index (κ1) is 39.1. The molecule has 0 saturated heterocycles. The molecule has 3 heterocycles. The van der Waals surface area contributed by atoms with Crippen molar-refractivity contribution in [2.75, 3.05) is 0 Å². The first-order valence-corrected chi connectivity index (χ1v) is 23.8. The van der Waals surface area contributed by atoms with Gasteiger partial charge in [0.15, 0.2) is 0 Å². The average molecular weight is 917 g/mol. The molecule has 7 aromatic rings. The Balaban J connectivity index is 0.000000174. The Bertz CT molecular complexity index is 2320. The van der Waals surface area contributed by atoms with E-state index in [4.69, 9.17) is 9.40 Å². The Morgan fingerprint density at radius 1 is 0.691 bits per heavy atom. The van der Waals surface area contributed by atoms with Crippen LogP contribution >= 0.6 is 0 Å². The first-order chi connectivity index (χ1) is 26.4. The normalized spacial score (nSPS) is 15.3. The van der Waals surface area contributed by atoms with Crippen molar-refractivity contribution in [1.29, 1.82) is 0 Å². The molecule has 0 unspecified atom stereocenters. The summed E-state index contributed by atoms with van der Waals surface area (Å²) >= 11 is 0. The molecule has 3 aromatic heterocycles. The molecular weight excluding hydrogens is 865 g/mol. The summed E-state index contributed by atoms with van der Waals surface area (Å²) in [5.74, 6) is 1.53. The SMILES string of the molecule is C[Si](C)(C)c1cnc(-c2[c-]cccc2)cc1CC1CCCCC1.[Ir].[c-]1c(-c2cc(C3CCCCC3)ccn2)ccc2c1oc1c(-c3ccccc3)cccc12. The van der Waals surface area contributed by atoms with Crippen LogP contribution in [-0.2, 0) is 26.5 Å². The third kappa shape index (κ3) is 9.12. The minimum atomic E-state index is -1.36. The third-order valence-corrected chi connectivity index (χ3v) is 13.7. The number of hydrogen-bond donors (Lipinski definition) is 0. The van der Waals surface area contributed by atoms with Gasteiger partial charge >= 0.3 is 0 Å². The van der Waals surface area contributed by atoms with E-state index in [1.54, 1.807) is 10.8 Å². The van der Waals surface area contributed by atoms with Crippen molar-refractivity contribution >= 4 is 35.2 Å². The maximum Gasteiger partial charge on any atom is 0.131 e. The van der Waals surface area contributed by atoms with Gasteiger partial charge in [0, 0.05) is 38.1 Å². The van der Waals surface area contributed by atoms with E-state index < -0.39 is 8.07 Å². The van der Waals surface area contributed by atoms with E-state index in [1.165, 1.54) is 76.2 Å². The van der Waals surface area contributed by atoms with Crippen LogP contribution < -0.4 is 5.19 Å². The van der Waals surface area contributed by atoms with E-state index in [0.717, 1.165) is 61.5 Å². The van der Waals surface area contributed by atoms with Crippen LogP contribution in [0.3, 0.4) is 0 Å². The van der Waals surface area contributed by atoms with Gasteiger partial charge in [0.1, 0.15) is 5.58 Å². The van der Waals surface area contributed by atoms with E-state index in [1.807, 2.05) is 24.4 Å². The Morgan fingerprint density at radius 2 is 1.44 bits per heavy atom. The molecule has 55 heavy (non-hydrogen) atoms. The summed E-state index contributed by atoms with van der Waals surface area (Å²) in [6.45, 7) is 7.30. The molecule has 0 spiro atoms. The van der Waals surface area contributed by atoms with Gasteiger partial charge in [0.2, 0.25) is 0 Å². The van der Waals surface area contributed by atoms with Crippen LogP contribution in [0.1, 0.15) is 81.3 Å². The van der Waals surface area contributed by atoms with Gasteiger partial charge in [-0.05, 0) is 64.7 Å². The maximum absolute atomic E-state index is 6.36. The molecule has 4 aromatic carbocycles. The molecule has 0 amide bonds. The minimum Gasteiger partial charge on any atom is -0.476 e. The standard InChI is InChI=1S/C29H24NO.C21H28NSi.Ir/c1-3-8-20(9-4-1)22-16-17-30-27(18-22)23-14-15-25-26-13-7-12-24(21-10-5-2-6-11-21)29(26)31-28(25)19-23;1-23(2,3)21-16-22-20(18-12-8-5-9-13-18)15-19(21)14-17-10-6-4-7-11-17;/h2,5-7,10-18,20H,1,3-4,8-9H2;5,8-9,12,15-17H,4,6-7,10-11,14H2,1-3H3;/q2*-1;. The van der Waals surface area contributed by atoms with Crippen molar-refractivity contribution in [2.45, 2.75) is 96.2 Å². The summed E-state index contributed by atoms with van der Waals surface area (Å²) in [5, 5.41) is 3.77. The van der Waals surface area contributed by atoms with Crippen molar-refractivity contribution in [3.63, 3.8) is 0 Å². The van der Waals surface area contributed by atoms with Crippen molar-refractivity contribution < 1.29 is 24.5 Å². The molecule has 0 atom stereocenters. The number of nitrogens with zero attached hydrogens (tertiary/aromatic N) is 2. The van der Waals surface area contributed by atoms with Gasteiger partial charge in [-0.2, -0.15) is 0 Å². The van der Waals surface area contributed by atoms with Crippen LogP contribution in [0.4, 0.5) is 0 Å². The molecule has 3 nitrogen and oxygen atoms in total. The van der Waals surface area contributed by atoms with Crippen molar-refractivity contribution in [3.8, 4) is 33.6 Å². The fourth-order valence-electron chi connectivity index (χ4n) is 8.75. The van der Waals surface area contributed by atoms with E-state index in [2.05, 4.69) is 128 Å². The maximum atomic E-state index is 6.36. The molecule has 283 valence electrons. The average Bonchev–Trinajstić information content (AvgIpc) is 3.60. The quantitative estimate of drug-likeness (QED) is 0.118. The molecule has 9 rings (SSSR count). The van der Waals surface area contributed by atoms with E-state index >= 15 is 0 Å². The zero-order valence-corrected chi connectivity index (χ0v) is 35.9. The molecule has 0 bridgehead atoms. The second-order valence-electron chi connectivity index (χ2n) is 16.5. The topological polar surface area (TPSA) is 38.9 Å². The molecule has 5 heteroatoms. The second kappa shape index (κ2) is 17.8. The predicted octanol–water partition coefficient (Wildman–Crippen LogP) is 13.4. The number of pyridine rings is 2. The van der Waals surface area contributed by atoms with Gasteiger partial charge < -0.3 is 14.4 Å². The van der Waals surface area contributed by atoms with Gasteiger partial charge in [0.05, 0.1) is 13.7 Å². The molecular formula is C50H52IrN2OSi-2. The van der Waals surface area contributed by atoms with E-state index in [9.17, 15) is 0 Å². The molecule has 2 saturated carbocycles. The number of fused-ring (bicyclic) bond motifs is 3. The van der Waals surface area contributed by atoms with Crippen LogP contribution in [0, 0.1) is 18.1 Å². The number of aromatic nitrogens is 2. The van der Waals surface area contributed by atoms with Gasteiger partial charge in [-0.3, -0.25) is 0 Å². The second-order valence-corrected chi connectivity index (χ2v) is 21.6. The van der Waals surface area contributed by atoms with Gasteiger partial charge in [-0.1, -0.05) is 154 Å². The van der Waals surface area contributed by atoms with Gasteiger partial charge in [-0.15, -0.1) is 53.6 Å². The van der Waals surface area contributed by atoms with E-state index in [-0.39, 0.29) is 20.1 Å². The summed E-state index contributed by atoms with van der Waals surface area (Å²) in [6, 6.07) is 42.8. The predicted molar refractivity (Wildman–Crippen MR) is 229 cm³/mol. The monoisotopic (exact) mass is 917 g/mol. The van der Waals surface area contributed by atoms with Crippen molar-refractivity contribution in [3.05, 3.63) is 139 Å². The van der Waals surface area contributed by atoms with E-state index in [0.29, 0.717) is 5.92 Å². The Kier molecular flexibility index (Phi) is 12.6. The largest absolute Gasteiger partial charge is 0.476 e. The number of para-hydroxylation sites is 1. The first-order valence-electron chi connectivity index (χ1n) is 20.3. The molecule has 1 radical (unpaired) electrons. The molecule has 0 aliphatic heterocycles. The third-order valence-electron chi connectivity index (χ3n) is 11.7. The van der Waals surface area contributed by atoms with Crippen LogP contribution in [-0.4, -0.2) is 18.0 Å². The Labute approximate surface area is 342 Å². The number of rotatable bonds is 7. The zero-order chi connectivity index (χ0) is 36.9. The molecule has 2 aliphatic carbocycles. The summed E-state index contributed by atoms with van der Waals surface area (Å²) in [6.07, 6.45) is 19.0. The van der Waals surface area contributed by atoms with Crippen LogP contribution in [0.2, 0.25) is 19.6 Å². The number of hydrogen-bond acceptors (Lipinski definition) is 3. The van der Waals surface area contributed by atoms with Gasteiger partial charge in [-0.25, -0.2) is 0 Å². The molecule has 2 aliphatic rings. The Morgan fingerprint density at radius 3 is 2.18 bits per heavy atom. The zero-order valence-electron chi connectivity index (χ0n) is 32.5. The summed E-state index contributed by atoms with van der Waals surface area (Å²) in [4.78, 5) is 9.43.